The van der Waals surface area contributed by atoms with Gasteiger partial charge in [-0.3, -0.25) is 0 Å². The van der Waals surface area contributed by atoms with Gasteiger partial charge < -0.3 is 36.7 Å². The lowest BCUT2D eigenvalue weighted by molar-refractivity contribution is 0.0226. The van der Waals surface area contributed by atoms with Crippen LogP contribution in [-0.4, -0.2) is 47.5 Å². The number of anilines is 3. The predicted molar refractivity (Wildman–Crippen MR) is 119 cm³/mol. The van der Waals surface area contributed by atoms with Crippen molar-refractivity contribution in [3.8, 4) is 5.75 Å². The van der Waals surface area contributed by atoms with Crippen LogP contribution in [0.2, 0.25) is 0 Å². The van der Waals surface area contributed by atoms with Gasteiger partial charge in [0.25, 0.3) is 0 Å². The minimum atomic E-state index is -0.935. The first-order chi connectivity index (χ1) is 14.1. The van der Waals surface area contributed by atoms with E-state index in [1.165, 1.54) is 4.90 Å². The summed E-state index contributed by atoms with van der Waals surface area (Å²) in [4.78, 5) is 14.1. The molecule has 1 amide bonds. The van der Waals surface area contributed by atoms with Gasteiger partial charge in [-0.25, -0.2) is 4.79 Å². The fraction of sp³-hybridized carbons (Fsp3) is 0.409. The van der Waals surface area contributed by atoms with Crippen molar-refractivity contribution in [2.24, 2.45) is 0 Å². The molecule has 2 rings (SSSR count). The van der Waals surface area contributed by atoms with E-state index >= 15 is 0 Å². The summed E-state index contributed by atoms with van der Waals surface area (Å²) >= 11 is 0. The summed E-state index contributed by atoms with van der Waals surface area (Å²) in [7, 11) is 0. The van der Waals surface area contributed by atoms with Crippen LogP contribution in [0.5, 0.6) is 5.75 Å². The van der Waals surface area contributed by atoms with Crippen LogP contribution in [0.15, 0.2) is 42.5 Å². The van der Waals surface area contributed by atoms with Crippen LogP contribution in [0.1, 0.15) is 26.3 Å². The maximum atomic E-state index is 12.6. The number of ether oxygens (including phenoxy) is 2. The highest BCUT2D eigenvalue weighted by Gasteiger charge is 2.30. The Labute approximate surface area is 177 Å². The molecule has 0 bridgehead atoms. The minimum absolute atomic E-state index is 0.0427. The van der Waals surface area contributed by atoms with Gasteiger partial charge in [0, 0.05) is 17.6 Å². The fourth-order valence-electron chi connectivity index (χ4n) is 2.78. The zero-order chi connectivity index (χ0) is 22.3. The smallest absolute Gasteiger partial charge is 0.410 e. The number of nitrogen functional groups attached to an aromatic ring is 3. The van der Waals surface area contributed by atoms with Crippen molar-refractivity contribution < 1.29 is 19.4 Å². The number of hydrogen-bond acceptors (Lipinski definition) is 7. The van der Waals surface area contributed by atoms with Gasteiger partial charge in [0.1, 0.15) is 18.5 Å². The molecule has 0 aromatic heterocycles. The van der Waals surface area contributed by atoms with Crippen LogP contribution in [0.4, 0.5) is 21.9 Å². The summed E-state index contributed by atoms with van der Waals surface area (Å²) in [6.45, 7) is 5.85. The molecule has 0 radical (unpaired) electrons. The Balaban J connectivity index is 1.89. The van der Waals surface area contributed by atoms with E-state index in [2.05, 4.69) is 0 Å². The summed E-state index contributed by atoms with van der Waals surface area (Å²) in [5, 5.41) is 10.4. The molecule has 0 aliphatic heterocycles. The first-order valence-electron chi connectivity index (χ1n) is 9.81. The second kappa shape index (κ2) is 10.1. The topological polar surface area (TPSA) is 137 Å². The Morgan fingerprint density at radius 3 is 2.40 bits per heavy atom. The van der Waals surface area contributed by atoms with Gasteiger partial charge in [0.15, 0.2) is 0 Å². The lowest BCUT2D eigenvalue weighted by atomic mass is 10.1. The predicted octanol–water partition coefficient (Wildman–Crippen LogP) is 2.65. The lowest BCUT2D eigenvalue weighted by Gasteiger charge is -2.36. The Bertz CT molecular complexity index is 834. The van der Waals surface area contributed by atoms with Crippen molar-refractivity contribution in [1.29, 1.82) is 0 Å². The summed E-state index contributed by atoms with van der Waals surface area (Å²) in [5.41, 5.74) is 19.2. The van der Waals surface area contributed by atoms with Crippen LogP contribution in [0.25, 0.3) is 0 Å². The van der Waals surface area contributed by atoms with E-state index in [0.29, 0.717) is 29.2 Å². The van der Waals surface area contributed by atoms with E-state index in [9.17, 15) is 9.90 Å². The van der Waals surface area contributed by atoms with Gasteiger partial charge in [-0.05, 0) is 50.6 Å². The number of hydrogen-bond donors (Lipinski definition) is 4. The average molecular weight is 417 g/mol. The number of para-hydroxylation sites is 1. The van der Waals surface area contributed by atoms with E-state index < -0.39 is 17.7 Å². The zero-order valence-corrected chi connectivity index (χ0v) is 17.8. The van der Waals surface area contributed by atoms with Gasteiger partial charge in [-0.2, -0.15) is 0 Å². The maximum Gasteiger partial charge on any atom is 0.410 e. The largest absolute Gasteiger partial charge is 0.489 e. The Hall–Kier alpha value is -3.13. The lowest BCUT2D eigenvalue weighted by Crippen LogP contribution is -2.50. The highest BCUT2D eigenvalue weighted by Crippen LogP contribution is 2.27. The molecular weight excluding hydrogens is 384 g/mol. The number of aliphatic hydroxyl groups excluding tert-OH is 1. The van der Waals surface area contributed by atoms with Crippen molar-refractivity contribution in [3.05, 3.63) is 48.0 Å². The number of carbonyl (C=O) groups is 1. The van der Waals surface area contributed by atoms with Crippen LogP contribution >= 0.6 is 0 Å². The van der Waals surface area contributed by atoms with E-state index in [0.717, 1.165) is 5.56 Å². The van der Waals surface area contributed by atoms with Gasteiger partial charge in [0.05, 0.1) is 24.5 Å². The average Bonchev–Trinajstić information content (AvgIpc) is 2.67. The molecule has 8 nitrogen and oxygen atoms in total. The van der Waals surface area contributed by atoms with Crippen molar-refractivity contribution in [3.63, 3.8) is 0 Å². The van der Waals surface area contributed by atoms with Crippen LogP contribution < -0.4 is 21.9 Å². The zero-order valence-electron chi connectivity index (χ0n) is 17.8. The van der Waals surface area contributed by atoms with Gasteiger partial charge in [-0.1, -0.05) is 18.2 Å². The number of rotatable bonds is 8. The van der Waals surface area contributed by atoms with Crippen molar-refractivity contribution in [2.75, 3.05) is 37.0 Å². The number of nitrogens with two attached hydrogens (primary N) is 3. The molecule has 0 aliphatic carbocycles. The second-order valence-electron chi connectivity index (χ2n) is 8.11. The van der Waals surface area contributed by atoms with E-state index in [1.54, 1.807) is 18.2 Å². The monoisotopic (exact) mass is 416 g/mol. The minimum Gasteiger partial charge on any atom is -0.489 e. The summed E-state index contributed by atoms with van der Waals surface area (Å²) in [6.07, 6.45) is -0.861. The molecule has 0 heterocycles. The molecule has 0 fully saturated rings. The number of nitrogens with zero attached hydrogens (tertiary/aromatic N) is 1. The Morgan fingerprint density at radius 1 is 1.10 bits per heavy atom. The third-order valence-corrected chi connectivity index (χ3v) is 4.55. The third kappa shape index (κ3) is 6.73. The quantitative estimate of drug-likeness (QED) is 0.485. The number of β-amino-alcohol motifs (C(OH)–C–C–N with tert-alkyl or cyclic N) is 1. The Morgan fingerprint density at radius 2 is 1.77 bits per heavy atom. The van der Waals surface area contributed by atoms with Gasteiger partial charge in [0.2, 0.25) is 0 Å². The number of amides is 1. The molecule has 0 saturated carbocycles. The number of benzene rings is 2. The van der Waals surface area contributed by atoms with Crippen LogP contribution in [0.3, 0.4) is 0 Å². The SMILES string of the molecule is CC(C)(C)N(CC(O)COc1cccc(N)c1N)C(=O)OCCc1ccc(N)cc1. The molecule has 0 saturated heterocycles. The first-order valence-corrected chi connectivity index (χ1v) is 9.81. The highest BCUT2D eigenvalue weighted by atomic mass is 16.6. The highest BCUT2D eigenvalue weighted by molar-refractivity contribution is 5.70. The molecule has 0 spiro atoms. The first kappa shape index (κ1) is 23.2. The van der Waals surface area contributed by atoms with Crippen LogP contribution in [0, 0.1) is 0 Å². The molecule has 0 aliphatic rings. The number of carbonyl (C=O) groups excluding carboxylic acids is 1. The molecule has 7 N–H and O–H groups in total. The number of aliphatic hydroxyl groups is 1. The molecule has 8 heteroatoms. The molecule has 30 heavy (non-hydrogen) atoms. The van der Waals surface area contributed by atoms with Gasteiger partial charge in [-0.15, -0.1) is 0 Å². The van der Waals surface area contributed by atoms with E-state index in [1.807, 2.05) is 45.0 Å². The molecule has 164 valence electrons. The summed E-state index contributed by atoms with van der Waals surface area (Å²) < 4.78 is 11.0. The fourth-order valence-corrected chi connectivity index (χ4v) is 2.78. The summed E-state index contributed by atoms with van der Waals surface area (Å²) in [5.74, 6) is 0.391. The summed E-state index contributed by atoms with van der Waals surface area (Å²) in [6, 6.07) is 12.5. The molecule has 2 aromatic rings. The van der Waals surface area contributed by atoms with Gasteiger partial charge >= 0.3 is 6.09 Å². The molecular formula is C22H32N4O4. The van der Waals surface area contributed by atoms with E-state index in [-0.39, 0.29) is 19.8 Å². The van der Waals surface area contributed by atoms with E-state index in [4.69, 9.17) is 26.7 Å². The van der Waals surface area contributed by atoms with Crippen molar-refractivity contribution >= 4 is 23.2 Å². The maximum absolute atomic E-state index is 12.6. The van der Waals surface area contributed by atoms with Crippen molar-refractivity contribution in [2.45, 2.75) is 38.8 Å². The van der Waals surface area contributed by atoms with Crippen LogP contribution in [-0.2, 0) is 11.2 Å². The van der Waals surface area contributed by atoms with Crippen molar-refractivity contribution in [1.82, 2.24) is 4.90 Å². The third-order valence-electron chi connectivity index (χ3n) is 4.55. The Kier molecular flexibility index (Phi) is 7.77. The standard InChI is InChI=1S/C22H32N4O4/c1-22(2,3)26(21(28)29-12-11-15-7-9-16(23)10-8-15)13-17(27)14-30-19-6-4-5-18(24)20(19)25/h4-10,17,27H,11-14,23-25H2,1-3H3. The molecule has 2 aromatic carbocycles. The normalized spacial score (nSPS) is 12.3. The second-order valence-corrected chi connectivity index (χ2v) is 8.11. The molecule has 1 unspecified atom stereocenters. The molecule has 1 atom stereocenters.